The molecule has 1 heterocycles. The van der Waals surface area contributed by atoms with E-state index in [0.29, 0.717) is 0 Å². The highest BCUT2D eigenvalue weighted by atomic mass is 79.9. The van der Waals surface area contributed by atoms with E-state index in [1.165, 1.54) is 10.9 Å². The van der Waals surface area contributed by atoms with Gasteiger partial charge in [-0.15, -0.1) is 0 Å². The van der Waals surface area contributed by atoms with Crippen molar-refractivity contribution in [3.63, 3.8) is 0 Å². The zero-order valence-corrected chi connectivity index (χ0v) is 9.01. The topological polar surface area (TPSA) is 4.93 Å². The van der Waals surface area contributed by atoms with Crippen LogP contribution in [0.4, 0.5) is 0 Å². The Hall–Kier alpha value is -1.02. The molecule has 0 saturated carbocycles. The highest BCUT2D eigenvalue weighted by Crippen LogP contribution is 2.30. The highest BCUT2D eigenvalue weighted by Gasteiger charge is 2.08. The van der Waals surface area contributed by atoms with Crippen LogP contribution in [0.1, 0.15) is 5.69 Å². The zero-order chi connectivity index (χ0) is 9.42. The summed E-state index contributed by atoms with van der Waals surface area (Å²) in [6, 6.07) is 8.29. The molecule has 0 saturated heterocycles. The van der Waals surface area contributed by atoms with Crippen molar-refractivity contribution in [2.24, 2.45) is 7.05 Å². The average molecular weight is 236 g/mol. The number of nitrogens with zero attached hydrogens (tertiary/aromatic N) is 1. The summed E-state index contributed by atoms with van der Waals surface area (Å²) in [5.74, 6) is 0. The molecule has 2 aromatic rings. The summed E-state index contributed by atoms with van der Waals surface area (Å²) in [6.45, 7) is 3.80. The normalized spacial score (nSPS) is 10.6. The molecule has 13 heavy (non-hydrogen) atoms. The van der Waals surface area contributed by atoms with Crippen molar-refractivity contribution in [3.8, 4) is 0 Å². The van der Waals surface area contributed by atoms with Crippen molar-refractivity contribution in [2.45, 2.75) is 0 Å². The lowest BCUT2D eigenvalue weighted by Gasteiger charge is -1.97. The van der Waals surface area contributed by atoms with E-state index in [-0.39, 0.29) is 0 Å². The van der Waals surface area contributed by atoms with Crippen molar-refractivity contribution in [1.29, 1.82) is 0 Å². The molecule has 1 aromatic carbocycles. The second kappa shape index (κ2) is 3.04. The lowest BCUT2D eigenvalue weighted by Crippen LogP contribution is -1.89. The van der Waals surface area contributed by atoms with E-state index < -0.39 is 0 Å². The summed E-state index contributed by atoms with van der Waals surface area (Å²) in [5, 5.41) is 1.24. The molecule has 0 amide bonds. The van der Waals surface area contributed by atoms with E-state index in [2.05, 4.69) is 39.2 Å². The minimum atomic E-state index is 1.13. The SMILES string of the molecule is C=Cc1c(Br)c2ccccc2n1C. The first-order chi connectivity index (χ1) is 6.25. The van der Waals surface area contributed by atoms with Crippen LogP contribution in [-0.2, 0) is 7.05 Å². The van der Waals surface area contributed by atoms with Gasteiger partial charge in [-0.05, 0) is 28.1 Å². The van der Waals surface area contributed by atoms with E-state index >= 15 is 0 Å². The number of benzene rings is 1. The van der Waals surface area contributed by atoms with Crippen molar-refractivity contribution in [2.75, 3.05) is 0 Å². The average Bonchev–Trinajstić information content (AvgIpc) is 2.41. The van der Waals surface area contributed by atoms with E-state index in [9.17, 15) is 0 Å². The first-order valence-electron chi connectivity index (χ1n) is 4.11. The van der Waals surface area contributed by atoms with Crippen LogP contribution in [0, 0.1) is 0 Å². The molecule has 0 fully saturated rings. The smallest absolute Gasteiger partial charge is 0.0553 e. The summed E-state index contributed by atoms with van der Waals surface area (Å²) in [7, 11) is 2.05. The molecule has 1 aromatic heterocycles. The summed E-state index contributed by atoms with van der Waals surface area (Å²) in [6.07, 6.45) is 1.87. The maximum Gasteiger partial charge on any atom is 0.0553 e. The largest absolute Gasteiger partial charge is 0.343 e. The Labute approximate surface area is 85.8 Å². The van der Waals surface area contributed by atoms with Gasteiger partial charge in [-0.2, -0.15) is 0 Å². The Kier molecular flexibility index (Phi) is 2.00. The number of rotatable bonds is 1. The fourth-order valence-electron chi connectivity index (χ4n) is 1.59. The third-order valence-electron chi connectivity index (χ3n) is 2.28. The van der Waals surface area contributed by atoms with Gasteiger partial charge < -0.3 is 4.57 Å². The first-order valence-corrected chi connectivity index (χ1v) is 4.90. The number of aryl methyl sites for hydroxylation is 1. The van der Waals surface area contributed by atoms with Crippen LogP contribution < -0.4 is 0 Å². The maximum atomic E-state index is 3.80. The standard InChI is InChI=1S/C11H10BrN/c1-3-9-11(12)8-6-4-5-7-10(8)13(9)2/h3-7H,1H2,2H3. The van der Waals surface area contributed by atoms with Gasteiger partial charge in [0.05, 0.1) is 10.2 Å². The van der Waals surface area contributed by atoms with Crippen LogP contribution in [0.15, 0.2) is 35.3 Å². The molecule has 0 aliphatic carbocycles. The number of halogens is 1. The molecule has 66 valence electrons. The third kappa shape index (κ3) is 1.13. The summed E-state index contributed by atoms with van der Waals surface area (Å²) in [4.78, 5) is 0. The summed E-state index contributed by atoms with van der Waals surface area (Å²) in [5.41, 5.74) is 2.35. The van der Waals surface area contributed by atoms with E-state index in [1.807, 2.05) is 25.3 Å². The minimum Gasteiger partial charge on any atom is -0.343 e. The molecule has 0 aliphatic rings. The first kappa shape index (κ1) is 8.57. The van der Waals surface area contributed by atoms with Crippen LogP contribution >= 0.6 is 15.9 Å². The highest BCUT2D eigenvalue weighted by molar-refractivity contribution is 9.10. The van der Waals surface area contributed by atoms with Gasteiger partial charge >= 0.3 is 0 Å². The molecular weight excluding hydrogens is 226 g/mol. The van der Waals surface area contributed by atoms with Gasteiger partial charge in [0.1, 0.15) is 0 Å². The van der Waals surface area contributed by atoms with E-state index in [4.69, 9.17) is 0 Å². The van der Waals surface area contributed by atoms with Crippen LogP contribution in [0.3, 0.4) is 0 Å². The Morgan fingerprint density at radius 1 is 1.38 bits per heavy atom. The maximum absolute atomic E-state index is 3.80. The molecule has 0 N–H and O–H groups in total. The predicted octanol–water partition coefficient (Wildman–Crippen LogP) is 3.58. The Morgan fingerprint density at radius 2 is 2.08 bits per heavy atom. The molecule has 0 atom stereocenters. The third-order valence-corrected chi connectivity index (χ3v) is 3.11. The molecular formula is C11H10BrN. The van der Waals surface area contributed by atoms with Crippen molar-refractivity contribution in [1.82, 2.24) is 4.57 Å². The predicted molar refractivity (Wildman–Crippen MR) is 60.7 cm³/mol. The van der Waals surface area contributed by atoms with Crippen LogP contribution in [0.5, 0.6) is 0 Å². The molecule has 0 aliphatic heterocycles. The lowest BCUT2D eigenvalue weighted by atomic mass is 10.2. The lowest BCUT2D eigenvalue weighted by molar-refractivity contribution is 0.952. The van der Waals surface area contributed by atoms with Crippen molar-refractivity contribution in [3.05, 3.63) is 41.0 Å². The van der Waals surface area contributed by atoms with Gasteiger partial charge in [0, 0.05) is 18.0 Å². The number of aromatic nitrogens is 1. The quantitative estimate of drug-likeness (QED) is 0.713. The minimum absolute atomic E-state index is 1.13. The fraction of sp³-hybridized carbons (Fsp3) is 0.0909. The second-order valence-corrected chi connectivity index (χ2v) is 3.77. The summed E-state index contributed by atoms with van der Waals surface area (Å²) >= 11 is 3.57. The van der Waals surface area contributed by atoms with Gasteiger partial charge in [0.25, 0.3) is 0 Å². The van der Waals surface area contributed by atoms with Gasteiger partial charge in [0.2, 0.25) is 0 Å². The van der Waals surface area contributed by atoms with Crippen molar-refractivity contribution < 1.29 is 0 Å². The number of hydrogen-bond donors (Lipinski definition) is 0. The summed E-state index contributed by atoms with van der Waals surface area (Å²) < 4.78 is 3.26. The monoisotopic (exact) mass is 235 g/mol. The molecule has 0 spiro atoms. The number of para-hydroxylation sites is 1. The number of hydrogen-bond acceptors (Lipinski definition) is 0. The second-order valence-electron chi connectivity index (χ2n) is 2.98. The Balaban J connectivity index is 2.96. The van der Waals surface area contributed by atoms with Crippen molar-refractivity contribution >= 4 is 32.9 Å². The Bertz CT molecular complexity index is 429. The van der Waals surface area contributed by atoms with Gasteiger partial charge in [0.15, 0.2) is 0 Å². The molecule has 0 radical (unpaired) electrons. The molecule has 2 heteroatoms. The van der Waals surface area contributed by atoms with Crippen LogP contribution in [-0.4, -0.2) is 4.57 Å². The fourth-order valence-corrected chi connectivity index (χ4v) is 2.36. The van der Waals surface area contributed by atoms with Gasteiger partial charge in [-0.25, -0.2) is 0 Å². The Morgan fingerprint density at radius 3 is 2.69 bits per heavy atom. The van der Waals surface area contributed by atoms with E-state index in [0.717, 1.165) is 10.2 Å². The van der Waals surface area contributed by atoms with Gasteiger partial charge in [-0.1, -0.05) is 24.8 Å². The van der Waals surface area contributed by atoms with Crippen LogP contribution in [0.25, 0.3) is 17.0 Å². The molecule has 1 nitrogen and oxygen atoms in total. The molecule has 2 rings (SSSR count). The number of fused-ring (bicyclic) bond motifs is 1. The van der Waals surface area contributed by atoms with Crippen LogP contribution in [0.2, 0.25) is 0 Å². The van der Waals surface area contributed by atoms with Gasteiger partial charge in [-0.3, -0.25) is 0 Å². The van der Waals surface area contributed by atoms with E-state index in [1.54, 1.807) is 0 Å². The zero-order valence-electron chi connectivity index (χ0n) is 7.42. The molecule has 0 unspecified atom stereocenters. The molecule has 0 bridgehead atoms.